The van der Waals surface area contributed by atoms with E-state index >= 15 is 0 Å². The lowest BCUT2D eigenvalue weighted by Crippen LogP contribution is -2.22. The van der Waals surface area contributed by atoms with Crippen molar-refractivity contribution >= 4 is 17.5 Å². The number of aliphatic hydroxyl groups excluding tert-OH is 1. The van der Waals surface area contributed by atoms with Crippen molar-refractivity contribution in [2.24, 2.45) is 0 Å². The van der Waals surface area contributed by atoms with Gasteiger partial charge < -0.3 is 25.2 Å². The lowest BCUT2D eigenvalue weighted by Gasteiger charge is -2.23. The highest BCUT2D eigenvalue weighted by Gasteiger charge is 2.25. The predicted octanol–water partition coefficient (Wildman–Crippen LogP) is 2.15. The van der Waals surface area contributed by atoms with Gasteiger partial charge in [0.05, 0.1) is 24.9 Å². The van der Waals surface area contributed by atoms with E-state index < -0.39 is 0 Å². The largest absolute Gasteiger partial charge is 0.475 e. The van der Waals surface area contributed by atoms with Crippen molar-refractivity contribution in [1.29, 1.82) is 0 Å². The zero-order valence-electron chi connectivity index (χ0n) is 15.7. The first-order chi connectivity index (χ1) is 13.2. The van der Waals surface area contributed by atoms with Crippen LogP contribution in [0.1, 0.15) is 43.5 Å². The highest BCUT2D eigenvalue weighted by molar-refractivity contribution is 5.64. The number of aliphatic hydroxyl groups is 1. The predicted molar refractivity (Wildman–Crippen MR) is 100 cm³/mol. The number of nitrogens with one attached hydrogen (secondary N) is 2. The molecule has 1 atom stereocenters. The molecule has 146 valence electrons. The van der Waals surface area contributed by atoms with Crippen LogP contribution in [0.2, 0.25) is 0 Å². The third-order valence-corrected chi connectivity index (χ3v) is 5.10. The number of ether oxygens (including phenoxy) is 2. The summed E-state index contributed by atoms with van der Waals surface area (Å²) >= 11 is 0. The molecule has 4 heterocycles. The molecule has 2 aromatic heterocycles. The maximum absolute atomic E-state index is 9.56. The van der Waals surface area contributed by atoms with Gasteiger partial charge in [-0.25, -0.2) is 4.98 Å². The van der Waals surface area contributed by atoms with E-state index in [1.54, 1.807) is 6.20 Å². The van der Waals surface area contributed by atoms with Crippen molar-refractivity contribution in [2.75, 3.05) is 30.5 Å². The minimum absolute atomic E-state index is 0.113. The van der Waals surface area contributed by atoms with Crippen molar-refractivity contribution in [3.8, 4) is 5.88 Å². The van der Waals surface area contributed by atoms with Crippen LogP contribution in [0.15, 0.2) is 6.20 Å². The summed E-state index contributed by atoms with van der Waals surface area (Å²) < 4.78 is 13.5. The van der Waals surface area contributed by atoms with Crippen LogP contribution >= 0.6 is 0 Å². The Morgan fingerprint density at radius 3 is 2.85 bits per heavy atom. The minimum Gasteiger partial charge on any atom is -0.475 e. The van der Waals surface area contributed by atoms with Gasteiger partial charge in [0, 0.05) is 37.4 Å². The maximum Gasteiger partial charge on any atom is 0.257 e. The van der Waals surface area contributed by atoms with E-state index in [1.165, 1.54) is 0 Å². The smallest absolute Gasteiger partial charge is 0.257 e. The molecule has 0 unspecified atom stereocenters. The van der Waals surface area contributed by atoms with E-state index in [1.807, 2.05) is 11.6 Å². The Morgan fingerprint density at radius 1 is 1.26 bits per heavy atom. The zero-order valence-corrected chi connectivity index (χ0v) is 15.7. The maximum atomic E-state index is 9.56. The van der Waals surface area contributed by atoms with Gasteiger partial charge in [0.1, 0.15) is 11.5 Å². The van der Waals surface area contributed by atoms with E-state index in [2.05, 4.69) is 27.5 Å². The fourth-order valence-corrected chi connectivity index (χ4v) is 3.48. The van der Waals surface area contributed by atoms with Crippen molar-refractivity contribution in [1.82, 2.24) is 19.7 Å². The standard InChI is InChI=1S/C18H26N6O3/c1-11-3-8-27-17-15(12(2)24(23-17)14-4-6-26-7-5-14)21-18-19-9-13(10-25)16(20-11)22-18/h9,11,14,25H,3-8,10H2,1-2H3,(H2,19,20,21,22)/t11-/m1/s1. The zero-order chi connectivity index (χ0) is 18.8. The molecule has 2 aliphatic rings. The van der Waals surface area contributed by atoms with Crippen molar-refractivity contribution in [3.05, 3.63) is 17.5 Å². The van der Waals surface area contributed by atoms with Gasteiger partial charge in [-0.2, -0.15) is 4.98 Å². The number of rotatable bonds is 2. The number of fused-ring (bicyclic) bond motifs is 3. The lowest BCUT2D eigenvalue weighted by atomic mass is 10.1. The highest BCUT2D eigenvalue weighted by atomic mass is 16.5. The summed E-state index contributed by atoms with van der Waals surface area (Å²) in [5.41, 5.74) is 2.45. The van der Waals surface area contributed by atoms with E-state index in [9.17, 15) is 5.11 Å². The molecule has 2 aromatic rings. The topological polar surface area (TPSA) is 106 Å². The molecule has 0 aromatic carbocycles. The van der Waals surface area contributed by atoms with E-state index in [0.717, 1.165) is 43.9 Å². The number of aromatic nitrogens is 4. The molecular formula is C18H26N6O3. The molecule has 9 heteroatoms. The summed E-state index contributed by atoms with van der Waals surface area (Å²) in [4.78, 5) is 8.89. The summed E-state index contributed by atoms with van der Waals surface area (Å²) in [6.45, 7) is 6.01. The van der Waals surface area contributed by atoms with Crippen molar-refractivity contribution in [3.63, 3.8) is 0 Å². The Kier molecular flexibility index (Phi) is 5.13. The fraction of sp³-hybridized carbons (Fsp3) is 0.611. The van der Waals surface area contributed by atoms with Gasteiger partial charge >= 0.3 is 0 Å². The Balaban J connectivity index is 1.71. The van der Waals surface area contributed by atoms with Crippen LogP contribution < -0.4 is 15.4 Å². The number of anilines is 3. The molecule has 0 amide bonds. The third kappa shape index (κ3) is 3.70. The number of hydrogen-bond donors (Lipinski definition) is 3. The van der Waals surface area contributed by atoms with Gasteiger partial charge in [-0.3, -0.25) is 4.68 Å². The third-order valence-electron chi connectivity index (χ3n) is 5.10. The number of hydrogen-bond acceptors (Lipinski definition) is 8. The van der Waals surface area contributed by atoms with Gasteiger partial charge in [0.25, 0.3) is 5.88 Å². The Bertz CT molecular complexity index is 803. The molecule has 2 bridgehead atoms. The molecule has 0 radical (unpaired) electrons. The fourth-order valence-electron chi connectivity index (χ4n) is 3.48. The molecule has 3 N–H and O–H groups in total. The Morgan fingerprint density at radius 2 is 2.07 bits per heavy atom. The van der Waals surface area contributed by atoms with Crippen LogP contribution in [0.4, 0.5) is 17.5 Å². The average Bonchev–Trinajstić information content (AvgIpc) is 2.97. The Hall–Kier alpha value is -2.39. The van der Waals surface area contributed by atoms with E-state index in [4.69, 9.17) is 14.6 Å². The summed E-state index contributed by atoms with van der Waals surface area (Å²) in [5.74, 6) is 1.66. The van der Waals surface area contributed by atoms with Crippen LogP contribution in [-0.4, -0.2) is 50.7 Å². The Labute approximate surface area is 158 Å². The van der Waals surface area contributed by atoms with Gasteiger partial charge in [0.2, 0.25) is 5.95 Å². The first kappa shape index (κ1) is 18.0. The first-order valence-corrected chi connectivity index (χ1v) is 9.45. The lowest BCUT2D eigenvalue weighted by molar-refractivity contribution is 0.0652. The average molecular weight is 374 g/mol. The molecule has 0 spiro atoms. The summed E-state index contributed by atoms with van der Waals surface area (Å²) in [6.07, 6.45) is 4.30. The molecule has 0 aliphatic carbocycles. The summed E-state index contributed by atoms with van der Waals surface area (Å²) in [7, 11) is 0. The van der Waals surface area contributed by atoms with Crippen LogP contribution in [0.5, 0.6) is 5.88 Å². The summed E-state index contributed by atoms with van der Waals surface area (Å²) in [5, 5.41) is 20.9. The van der Waals surface area contributed by atoms with Crippen LogP contribution in [-0.2, 0) is 11.3 Å². The molecule has 0 saturated carbocycles. The molecule has 1 saturated heterocycles. The van der Waals surface area contributed by atoms with Crippen LogP contribution in [0, 0.1) is 6.92 Å². The van der Waals surface area contributed by atoms with Gasteiger partial charge in [0.15, 0.2) is 0 Å². The van der Waals surface area contributed by atoms with Gasteiger partial charge in [-0.05, 0) is 26.7 Å². The molecule has 27 heavy (non-hydrogen) atoms. The second kappa shape index (κ2) is 7.69. The van der Waals surface area contributed by atoms with E-state index in [-0.39, 0.29) is 12.6 Å². The molecule has 4 rings (SSSR count). The monoisotopic (exact) mass is 374 g/mol. The molecule has 1 fully saturated rings. The van der Waals surface area contributed by atoms with E-state index in [0.29, 0.717) is 35.9 Å². The van der Waals surface area contributed by atoms with Crippen LogP contribution in [0.3, 0.4) is 0 Å². The molecular weight excluding hydrogens is 348 g/mol. The van der Waals surface area contributed by atoms with Crippen molar-refractivity contribution < 1.29 is 14.6 Å². The SMILES string of the molecule is Cc1c2c(nn1C1CCOCC1)OCC[C@@H](C)Nc1nc(ncc1CO)N2. The van der Waals surface area contributed by atoms with Gasteiger partial charge in [-0.1, -0.05) is 0 Å². The highest BCUT2D eigenvalue weighted by Crippen LogP contribution is 2.34. The second-order valence-electron chi connectivity index (χ2n) is 7.09. The normalized spacial score (nSPS) is 20.6. The quantitative estimate of drug-likeness (QED) is 0.734. The molecule has 2 aliphatic heterocycles. The first-order valence-electron chi connectivity index (χ1n) is 9.45. The van der Waals surface area contributed by atoms with Crippen LogP contribution in [0.25, 0.3) is 0 Å². The second-order valence-corrected chi connectivity index (χ2v) is 7.09. The van der Waals surface area contributed by atoms with Crippen molar-refractivity contribution in [2.45, 2.75) is 51.8 Å². The van der Waals surface area contributed by atoms with Gasteiger partial charge in [-0.15, -0.1) is 5.10 Å². The minimum atomic E-state index is -0.113. The number of nitrogens with zero attached hydrogens (tertiary/aromatic N) is 4. The summed E-state index contributed by atoms with van der Waals surface area (Å²) in [6, 6.07) is 0.441. The molecule has 9 nitrogen and oxygen atoms in total.